The third-order valence-electron chi connectivity index (χ3n) is 2.42. The van der Waals surface area contributed by atoms with Gasteiger partial charge in [-0.05, 0) is 6.92 Å². The van der Waals surface area contributed by atoms with Crippen LogP contribution in [0.3, 0.4) is 0 Å². The number of carbonyl (C=O) groups excluding carboxylic acids is 1. The van der Waals surface area contributed by atoms with Crippen LogP contribution in [-0.2, 0) is 4.74 Å². The zero-order chi connectivity index (χ0) is 13.5. The minimum atomic E-state index is -0.0386. The first-order valence-corrected chi connectivity index (χ1v) is 6.81. The van der Waals surface area contributed by atoms with E-state index in [-0.39, 0.29) is 5.91 Å². The van der Waals surface area contributed by atoms with Crippen LogP contribution < -0.4 is 5.73 Å². The van der Waals surface area contributed by atoms with Crippen molar-refractivity contribution in [3.63, 3.8) is 0 Å². The molecular formula is C11H17N3O2S2. The fourth-order valence-electron chi connectivity index (χ4n) is 1.41. The van der Waals surface area contributed by atoms with Crippen molar-refractivity contribution in [1.29, 1.82) is 0 Å². The predicted molar refractivity (Wildman–Crippen MR) is 76.0 cm³/mol. The molecule has 0 spiro atoms. The minimum Gasteiger partial charge on any atom is -0.393 e. The Morgan fingerprint density at radius 2 is 2.33 bits per heavy atom. The number of ether oxygens (including phenoxy) is 1. The first-order valence-electron chi connectivity index (χ1n) is 5.53. The molecule has 1 amide bonds. The lowest BCUT2D eigenvalue weighted by molar-refractivity contribution is 0.0705. The summed E-state index contributed by atoms with van der Waals surface area (Å²) >= 11 is 6.18. The first-order chi connectivity index (χ1) is 8.56. The lowest BCUT2D eigenvalue weighted by Crippen LogP contribution is -2.36. The van der Waals surface area contributed by atoms with E-state index in [2.05, 4.69) is 4.98 Å². The quantitative estimate of drug-likeness (QED) is 0.764. The van der Waals surface area contributed by atoms with Crippen LogP contribution in [0.5, 0.6) is 0 Å². The molecule has 2 N–H and O–H groups in total. The maximum Gasteiger partial charge on any atom is 0.265 e. The third-order valence-corrected chi connectivity index (χ3v) is 3.54. The van der Waals surface area contributed by atoms with Crippen LogP contribution in [0.2, 0.25) is 0 Å². The van der Waals surface area contributed by atoms with Crippen molar-refractivity contribution < 1.29 is 9.53 Å². The SMILES string of the molecule is COCCN(CCC(N)=S)C(=O)c1scnc1C. The van der Waals surface area contributed by atoms with E-state index in [0.717, 1.165) is 5.69 Å². The number of carbonyl (C=O) groups is 1. The van der Waals surface area contributed by atoms with Crippen molar-refractivity contribution in [3.8, 4) is 0 Å². The molecule has 7 heteroatoms. The highest BCUT2D eigenvalue weighted by Crippen LogP contribution is 2.15. The Balaban J connectivity index is 2.72. The Hall–Kier alpha value is -1.05. The Kier molecular flexibility index (Phi) is 6.17. The van der Waals surface area contributed by atoms with Gasteiger partial charge in [0.15, 0.2) is 0 Å². The van der Waals surface area contributed by atoms with Crippen LogP contribution in [0.1, 0.15) is 21.8 Å². The zero-order valence-corrected chi connectivity index (χ0v) is 12.1. The van der Waals surface area contributed by atoms with Gasteiger partial charge in [0, 0.05) is 26.6 Å². The minimum absolute atomic E-state index is 0.0386. The van der Waals surface area contributed by atoms with Gasteiger partial charge in [-0.15, -0.1) is 11.3 Å². The van der Waals surface area contributed by atoms with Crippen LogP contribution in [0.4, 0.5) is 0 Å². The molecule has 0 fully saturated rings. The molecule has 0 atom stereocenters. The average Bonchev–Trinajstić information content (AvgIpc) is 2.74. The van der Waals surface area contributed by atoms with E-state index in [4.69, 9.17) is 22.7 Å². The number of methoxy groups -OCH3 is 1. The number of hydrogen-bond acceptors (Lipinski definition) is 5. The van der Waals surface area contributed by atoms with E-state index in [9.17, 15) is 4.79 Å². The molecule has 1 aromatic heterocycles. The van der Waals surface area contributed by atoms with Gasteiger partial charge in [-0.3, -0.25) is 4.79 Å². The number of aromatic nitrogens is 1. The fourth-order valence-corrected chi connectivity index (χ4v) is 2.27. The summed E-state index contributed by atoms with van der Waals surface area (Å²) in [6.07, 6.45) is 0.517. The number of rotatable bonds is 7. The standard InChI is InChI=1S/C11H17N3O2S2/c1-8-10(18-7-13-8)11(15)14(5-6-16-2)4-3-9(12)17/h7H,3-6H2,1-2H3,(H2,12,17). The monoisotopic (exact) mass is 287 g/mol. The normalized spacial score (nSPS) is 10.3. The van der Waals surface area contributed by atoms with Gasteiger partial charge in [0.1, 0.15) is 4.88 Å². The molecule has 18 heavy (non-hydrogen) atoms. The summed E-state index contributed by atoms with van der Waals surface area (Å²) in [6, 6.07) is 0. The molecule has 1 aromatic rings. The summed E-state index contributed by atoms with van der Waals surface area (Å²) < 4.78 is 5.01. The van der Waals surface area contributed by atoms with Crippen LogP contribution in [0, 0.1) is 6.92 Å². The van der Waals surface area contributed by atoms with Crippen molar-refractivity contribution in [2.75, 3.05) is 26.8 Å². The topological polar surface area (TPSA) is 68.5 Å². The number of amides is 1. The Morgan fingerprint density at radius 3 is 2.83 bits per heavy atom. The second-order valence-corrected chi connectivity index (χ2v) is 5.15. The van der Waals surface area contributed by atoms with Gasteiger partial charge in [-0.25, -0.2) is 4.98 Å². The van der Waals surface area contributed by atoms with Gasteiger partial charge >= 0.3 is 0 Å². The van der Waals surface area contributed by atoms with Gasteiger partial charge in [-0.1, -0.05) is 12.2 Å². The Labute approximate surface area is 116 Å². The van der Waals surface area contributed by atoms with Gasteiger partial charge in [-0.2, -0.15) is 0 Å². The molecule has 0 unspecified atom stereocenters. The Bertz CT molecular complexity index is 420. The number of thiocarbonyl (C=S) groups is 1. The average molecular weight is 287 g/mol. The largest absolute Gasteiger partial charge is 0.393 e. The number of hydrogen-bond donors (Lipinski definition) is 1. The molecule has 1 heterocycles. The van der Waals surface area contributed by atoms with Crippen LogP contribution in [0.15, 0.2) is 5.51 Å². The summed E-state index contributed by atoms with van der Waals surface area (Å²) in [4.78, 5) is 19.2. The molecular weight excluding hydrogens is 270 g/mol. The maximum absolute atomic E-state index is 12.3. The van der Waals surface area contributed by atoms with E-state index in [0.29, 0.717) is 36.0 Å². The highest BCUT2D eigenvalue weighted by atomic mass is 32.1. The van der Waals surface area contributed by atoms with Crippen molar-refractivity contribution >= 4 is 34.5 Å². The molecule has 0 saturated heterocycles. The maximum atomic E-state index is 12.3. The molecule has 0 aliphatic heterocycles. The molecule has 1 rings (SSSR count). The second-order valence-electron chi connectivity index (χ2n) is 3.77. The second kappa shape index (κ2) is 7.40. The van der Waals surface area contributed by atoms with Crippen LogP contribution in [0.25, 0.3) is 0 Å². The summed E-state index contributed by atoms with van der Waals surface area (Å²) in [6.45, 7) is 3.34. The van der Waals surface area contributed by atoms with Crippen molar-refractivity contribution in [1.82, 2.24) is 9.88 Å². The van der Waals surface area contributed by atoms with Crippen molar-refractivity contribution in [3.05, 3.63) is 16.1 Å². The highest BCUT2D eigenvalue weighted by Gasteiger charge is 2.19. The molecule has 0 aliphatic carbocycles. The van der Waals surface area contributed by atoms with E-state index in [1.165, 1.54) is 11.3 Å². The fraction of sp³-hybridized carbons (Fsp3) is 0.545. The highest BCUT2D eigenvalue weighted by molar-refractivity contribution is 7.80. The van der Waals surface area contributed by atoms with E-state index in [1.54, 1.807) is 17.5 Å². The van der Waals surface area contributed by atoms with Gasteiger partial charge in [0.25, 0.3) is 5.91 Å². The third kappa shape index (κ3) is 4.32. The van der Waals surface area contributed by atoms with Gasteiger partial charge in [0.05, 0.1) is 22.8 Å². The van der Waals surface area contributed by atoms with E-state index >= 15 is 0 Å². The van der Waals surface area contributed by atoms with Gasteiger partial charge < -0.3 is 15.4 Å². The van der Waals surface area contributed by atoms with Gasteiger partial charge in [0.2, 0.25) is 0 Å². The molecule has 5 nitrogen and oxygen atoms in total. The predicted octanol–water partition coefficient (Wildman–Crippen LogP) is 1.22. The number of nitrogens with zero attached hydrogens (tertiary/aromatic N) is 2. The molecule has 100 valence electrons. The summed E-state index contributed by atoms with van der Waals surface area (Å²) in [5.41, 5.74) is 7.89. The number of thiazole rings is 1. The van der Waals surface area contributed by atoms with E-state index in [1.807, 2.05) is 6.92 Å². The van der Waals surface area contributed by atoms with Crippen molar-refractivity contribution in [2.24, 2.45) is 5.73 Å². The lowest BCUT2D eigenvalue weighted by atomic mass is 10.3. The molecule has 0 saturated carbocycles. The van der Waals surface area contributed by atoms with Crippen LogP contribution >= 0.6 is 23.6 Å². The van der Waals surface area contributed by atoms with Crippen molar-refractivity contribution in [2.45, 2.75) is 13.3 Å². The molecule has 0 aromatic carbocycles. The molecule has 0 radical (unpaired) electrons. The summed E-state index contributed by atoms with van der Waals surface area (Å²) in [5.74, 6) is -0.0386. The smallest absolute Gasteiger partial charge is 0.265 e. The van der Waals surface area contributed by atoms with Crippen LogP contribution in [-0.4, -0.2) is 47.6 Å². The molecule has 0 bridgehead atoms. The number of nitrogens with two attached hydrogens (primary N) is 1. The first kappa shape index (κ1) is 15.0. The lowest BCUT2D eigenvalue weighted by Gasteiger charge is -2.21. The zero-order valence-electron chi connectivity index (χ0n) is 10.5. The van der Waals surface area contributed by atoms with E-state index < -0.39 is 0 Å². The summed E-state index contributed by atoms with van der Waals surface area (Å²) in [7, 11) is 1.61. The number of aryl methyl sites for hydroxylation is 1. The summed E-state index contributed by atoms with van der Waals surface area (Å²) in [5, 5.41) is 0. The Morgan fingerprint density at radius 1 is 1.61 bits per heavy atom. The molecule has 0 aliphatic rings.